The predicted molar refractivity (Wildman–Crippen MR) is 77.2 cm³/mol. The number of rotatable bonds is 2. The Morgan fingerprint density at radius 1 is 1.33 bits per heavy atom. The van der Waals surface area contributed by atoms with Crippen LogP contribution in [-0.2, 0) is 0 Å². The summed E-state index contributed by atoms with van der Waals surface area (Å²) >= 11 is 12.3. The summed E-state index contributed by atoms with van der Waals surface area (Å²) in [5, 5.41) is 0.511. The van der Waals surface area contributed by atoms with Gasteiger partial charge in [0.1, 0.15) is 11.5 Å². The van der Waals surface area contributed by atoms with Crippen LogP contribution in [0.3, 0.4) is 0 Å². The number of benzene rings is 1. The van der Waals surface area contributed by atoms with Gasteiger partial charge >= 0.3 is 0 Å². The Kier molecular flexibility index (Phi) is 4.36. The van der Waals surface area contributed by atoms with E-state index in [0.717, 1.165) is 17.9 Å². The Balaban J connectivity index is 2.21. The van der Waals surface area contributed by atoms with Crippen LogP contribution in [0.2, 0.25) is 0 Å². The summed E-state index contributed by atoms with van der Waals surface area (Å²) in [7, 11) is 0. The molecular formula is C15H16Cl2O. The minimum atomic E-state index is -0.128. The van der Waals surface area contributed by atoms with Crippen LogP contribution in [0.15, 0.2) is 47.2 Å². The predicted octanol–water partition coefficient (Wildman–Crippen LogP) is 5.03. The van der Waals surface area contributed by atoms with Crippen molar-refractivity contribution < 1.29 is 4.74 Å². The Morgan fingerprint density at radius 2 is 2.11 bits per heavy atom. The summed E-state index contributed by atoms with van der Waals surface area (Å²) < 4.78 is 5.85. The minimum Gasteiger partial charge on any atom is -0.458 e. The summed E-state index contributed by atoms with van der Waals surface area (Å²) in [6.07, 6.45) is 4.70. The van der Waals surface area contributed by atoms with Crippen molar-refractivity contribution in [2.24, 2.45) is 5.92 Å². The zero-order valence-corrected chi connectivity index (χ0v) is 12.0. The fourth-order valence-corrected chi connectivity index (χ4v) is 2.48. The van der Waals surface area contributed by atoms with Gasteiger partial charge in [-0.3, -0.25) is 0 Å². The molecule has 0 saturated carbocycles. The van der Waals surface area contributed by atoms with Crippen molar-refractivity contribution in [1.82, 2.24) is 0 Å². The number of halogens is 2. The molecule has 1 aliphatic carbocycles. The molecule has 0 saturated heterocycles. The van der Waals surface area contributed by atoms with Gasteiger partial charge < -0.3 is 4.74 Å². The highest BCUT2D eigenvalue weighted by atomic mass is 35.5. The van der Waals surface area contributed by atoms with Crippen LogP contribution >= 0.6 is 23.2 Å². The van der Waals surface area contributed by atoms with Gasteiger partial charge in [0.05, 0.1) is 5.38 Å². The van der Waals surface area contributed by atoms with Gasteiger partial charge in [-0.1, -0.05) is 30.7 Å². The van der Waals surface area contributed by atoms with Gasteiger partial charge in [0, 0.05) is 5.03 Å². The molecule has 18 heavy (non-hydrogen) atoms. The van der Waals surface area contributed by atoms with Gasteiger partial charge in [0.15, 0.2) is 0 Å². The van der Waals surface area contributed by atoms with Crippen LogP contribution < -0.4 is 4.74 Å². The van der Waals surface area contributed by atoms with Gasteiger partial charge in [-0.25, -0.2) is 0 Å². The number of aryl methyl sites for hydroxylation is 1. The average molecular weight is 283 g/mol. The van der Waals surface area contributed by atoms with Gasteiger partial charge in [-0.2, -0.15) is 0 Å². The molecule has 3 heteroatoms. The van der Waals surface area contributed by atoms with Gasteiger partial charge in [0.25, 0.3) is 0 Å². The van der Waals surface area contributed by atoms with Crippen molar-refractivity contribution in [1.29, 1.82) is 0 Å². The van der Waals surface area contributed by atoms with Crippen molar-refractivity contribution in [2.75, 3.05) is 0 Å². The van der Waals surface area contributed by atoms with E-state index in [-0.39, 0.29) is 5.38 Å². The van der Waals surface area contributed by atoms with Gasteiger partial charge in [-0.05, 0) is 49.1 Å². The van der Waals surface area contributed by atoms with Crippen LogP contribution in [0, 0.1) is 12.8 Å². The Bertz CT molecular complexity index is 491. The van der Waals surface area contributed by atoms with Crippen molar-refractivity contribution in [3.63, 3.8) is 0 Å². The summed E-state index contributed by atoms with van der Waals surface area (Å²) in [4.78, 5) is 0. The zero-order valence-electron chi connectivity index (χ0n) is 10.5. The largest absolute Gasteiger partial charge is 0.458 e. The fourth-order valence-electron chi connectivity index (χ4n) is 1.94. The summed E-state index contributed by atoms with van der Waals surface area (Å²) in [5.41, 5.74) is 1.17. The highest BCUT2D eigenvalue weighted by Crippen LogP contribution is 2.29. The molecular weight excluding hydrogens is 267 g/mol. The maximum atomic E-state index is 6.17. The third-order valence-electron chi connectivity index (χ3n) is 2.83. The lowest BCUT2D eigenvalue weighted by Gasteiger charge is -2.08. The quantitative estimate of drug-likeness (QED) is 0.692. The van der Waals surface area contributed by atoms with Crippen molar-refractivity contribution >= 4 is 23.2 Å². The van der Waals surface area contributed by atoms with Crippen molar-refractivity contribution in [3.05, 3.63) is 52.8 Å². The summed E-state index contributed by atoms with van der Waals surface area (Å²) in [5.74, 6) is 1.93. The smallest absolute Gasteiger partial charge is 0.127 e. The lowest BCUT2D eigenvalue weighted by molar-refractivity contribution is 0.437. The van der Waals surface area contributed by atoms with E-state index in [4.69, 9.17) is 27.9 Å². The lowest BCUT2D eigenvalue weighted by atomic mass is 10.1. The minimum absolute atomic E-state index is 0.128. The molecule has 0 bridgehead atoms. The molecule has 2 rings (SSSR count). The second-order valence-electron chi connectivity index (χ2n) is 4.70. The van der Waals surface area contributed by atoms with E-state index in [1.807, 2.05) is 37.3 Å². The first kappa shape index (κ1) is 13.5. The number of hydrogen-bond acceptors (Lipinski definition) is 1. The van der Waals surface area contributed by atoms with Gasteiger partial charge in [0.2, 0.25) is 0 Å². The number of alkyl halides is 1. The molecule has 1 aromatic carbocycles. The van der Waals surface area contributed by atoms with Crippen LogP contribution in [0.25, 0.3) is 0 Å². The third-order valence-corrected chi connectivity index (χ3v) is 3.73. The highest BCUT2D eigenvalue weighted by molar-refractivity contribution is 6.37. The van der Waals surface area contributed by atoms with Crippen LogP contribution in [0.1, 0.15) is 18.9 Å². The molecule has 1 aromatic rings. The molecule has 1 nitrogen and oxygen atoms in total. The number of ether oxygens (including phenoxy) is 1. The molecule has 0 fully saturated rings. The van der Waals surface area contributed by atoms with Gasteiger partial charge in [-0.15, -0.1) is 11.6 Å². The van der Waals surface area contributed by atoms with Crippen LogP contribution in [0.4, 0.5) is 0 Å². The molecule has 1 aliphatic rings. The van der Waals surface area contributed by atoms with E-state index in [0.29, 0.717) is 11.0 Å². The first-order valence-corrected chi connectivity index (χ1v) is 6.83. The van der Waals surface area contributed by atoms with Crippen molar-refractivity contribution in [3.8, 4) is 5.75 Å². The molecule has 2 atom stereocenters. The molecule has 0 amide bonds. The topological polar surface area (TPSA) is 9.23 Å². The molecule has 96 valence electrons. The Hall–Kier alpha value is -0.920. The van der Waals surface area contributed by atoms with E-state index in [9.17, 15) is 0 Å². The Labute approximate surface area is 118 Å². The average Bonchev–Trinajstić information content (AvgIpc) is 2.38. The first-order valence-electron chi connectivity index (χ1n) is 6.02. The molecule has 0 spiro atoms. The number of allylic oxidation sites excluding steroid dienone is 3. The molecule has 2 unspecified atom stereocenters. The maximum Gasteiger partial charge on any atom is 0.127 e. The SMILES string of the molecule is Cc1cccc(OC2=CC(C)CC(Cl)C(Cl)=C2)c1. The zero-order chi connectivity index (χ0) is 13.1. The lowest BCUT2D eigenvalue weighted by Crippen LogP contribution is -2.02. The molecule has 0 aliphatic heterocycles. The standard InChI is InChI=1S/C15H16Cl2O/c1-10-4-3-5-12(6-10)18-13-7-11(2)8-14(16)15(17)9-13/h3-7,9,11,14H,8H2,1-2H3. The molecule has 0 N–H and O–H groups in total. The molecule has 0 radical (unpaired) electrons. The van der Waals surface area contributed by atoms with Crippen molar-refractivity contribution in [2.45, 2.75) is 25.6 Å². The third kappa shape index (κ3) is 3.54. The van der Waals surface area contributed by atoms with E-state index >= 15 is 0 Å². The van der Waals surface area contributed by atoms with E-state index in [1.165, 1.54) is 5.56 Å². The molecule has 0 aromatic heterocycles. The normalized spacial score (nSPS) is 24.0. The summed E-state index contributed by atoms with van der Waals surface area (Å²) in [6.45, 7) is 4.15. The van der Waals surface area contributed by atoms with E-state index in [2.05, 4.69) is 13.0 Å². The van der Waals surface area contributed by atoms with Crippen LogP contribution in [0.5, 0.6) is 5.75 Å². The van der Waals surface area contributed by atoms with Crippen LogP contribution in [-0.4, -0.2) is 5.38 Å². The second-order valence-corrected chi connectivity index (χ2v) is 5.66. The number of hydrogen-bond donors (Lipinski definition) is 0. The molecule has 0 heterocycles. The highest BCUT2D eigenvalue weighted by Gasteiger charge is 2.18. The first-order chi connectivity index (χ1) is 8.54. The maximum absolute atomic E-state index is 6.17. The van der Waals surface area contributed by atoms with E-state index < -0.39 is 0 Å². The summed E-state index contributed by atoms with van der Waals surface area (Å²) in [6, 6.07) is 7.94. The monoisotopic (exact) mass is 282 g/mol. The van der Waals surface area contributed by atoms with E-state index in [1.54, 1.807) is 0 Å². The Morgan fingerprint density at radius 3 is 2.83 bits per heavy atom. The second kappa shape index (κ2) is 5.81. The fraction of sp³-hybridized carbons (Fsp3) is 0.333.